The minimum atomic E-state index is -0.250. The molecule has 3 rings (SSSR count). The standard InChI is InChI=1S/C26H38N2O3/c1-8-17-30-25-22(11-12-24-23(25)10-9-18(2)28(24)19(3)29)21-13-15-27(16-14-21)20(4)31-26(5,6)7/h11-13,18H,4,8-10,14-17H2,1-3,5-7H3/t18-/m0/s1. The molecule has 2 heterocycles. The zero-order valence-corrected chi connectivity index (χ0v) is 20.1. The Kier molecular flexibility index (Phi) is 7.03. The second-order valence-electron chi connectivity index (χ2n) is 9.60. The molecule has 0 aromatic heterocycles. The average molecular weight is 427 g/mol. The van der Waals surface area contributed by atoms with Crippen LogP contribution in [0.5, 0.6) is 5.75 Å². The van der Waals surface area contributed by atoms with Crippen molar-refractivity contribution in [2.45, 2.75) is 78.9 Å². The summed E-state index contributed by atoms with van der Waals surface area (Å²) in [6, 6.07) is 4.46. The molecule has 0 spiro atoms. The molecular weight excluding hydrogens is 388 g/mol. The third-order valence-electron chi connectivity index (χ3n) is 5.87. The summed E-state index contributed by atoms with van der Waals surface area (Å²) in [5.41, 5.74) is 4.38. The van der Waals surface area contributed by atoms with Crippen LogP contribution in [0.4, 0.5) is 5.69 Å². The first kappa shape index (κ1) is 23.2. The number of carbonyl (C=O) groups excluding carboxylic acids is 1. The summed E-state index contributed by atoms with van der Waals surface area (Å²) in [5, 5.41) is 0. The van der Waals surface area contributed by atoms with Crippen molar-refractivity contribution in [2.75, 3.05) is 24.6 Å². The first-order valence-corrected chi connectivity index (χ1v) is 11.5. The topological polar surface area (TPSA) is 42.0 Å². The summed E-state index contributed by atoms with van der Waals surface area (Å²) in [6.45, 7) is 18.4. The van der Waals surface area contributed by atoms with Crippen molar-refractivity contribution in [3.63, 3.8) is 0 Å². The Morgan fingerprint density at radius 3 is 2.58 bits per heavy atom. The maximum atomic E-state index is 12.3. The van der Waals surface area contributed by atoms with Crippen molar-refractivity contribution in [1.82, 2.24) is 4.90 Å². The van der Waals surface area contributed by atoms with Gasteiger partial charge in [0.1, 0.15) is 11.4 Å². The van der Waals surface area contributed by atoms with Gasteiger partial charge in [0.2, 0.25) is 5.91 Å². The zero-order valence-electron chi connectivity index (χ0n) is 20.1. The lowest BCUT2D eigenvalue weighted by molar-refractivity contribution is -0.117. The van der Waals surface area contributed by atoms with E-state index in [2.05, 4.69) is 43.5 Å². The van der Waals surface area contributed by atoms with Crippen molar-refractivity contribution in [3.05, 3.63) is 41.8 Å². The molecule has 5 nitrogen and oxygen atoms in total. The average Bonchev–Trinajstić information content (AvgIpc) is 2.70. The molecule has 1 atom stereocenters. The van der Waals surface area contributed by atoms with Crippen LogP contribution in [0.25, 0.3) is 5.57 Å². The first-order chi connectivity index (χ1) is 14.6. The monoisotopic (exact) mass is 426 g/mol. The van der Waals surface area contributed by atoms with E-state index >= 15 is 0 Å². The number of hydrogen-bond donors (Lipinski definition) is 0. The van der Waals surface area contributed by atoms with Crippen LogP contribution >= 0.6 is 0 Å². The molecule has 1 aromatic rings. The molecule has 0 aliphatic carbocycles. The van der Waals surface area contributed by atoms with Gasteiger partial charge in [-0.25, -0.2) is 0 Å². The molecule has 0 N–H and O–H groups in total. The smallest absolute Gasteiger partial charge is 0.224 e. The number of carbonyl (C=O) groups is 1. The highest BCUT2D eigenvalue weighted by Gasteiger charge is 2.30. The van der Waals surface area contributed by atoms with E-state index in [9.17, 15) is 4.79 Å². The molecule has 0 saturated heterocycles. The van der Waals surface area contributed by atoms with Gasteiger partial charge in [-0.1, -0.05) is 13.0 Å². The Morgan fingerprint density at radius 2 is 2.00 bits per heavy atom. The summed E-state index contributed by atoms with van der Waals surface area (Å²) >= 11 is 0. The highest BCUT2D eigenvalue weighted by molar-refractivity contribution is 5.94. The second kappa shape index (κ2) is 9.37. The second-order valence-corrected chi connectivity index (χ2v) is 9.60. The molecule has 5 heteroatoms. The molecule has 31 heavy (non-hydrogen) atoms. The van der Waals surface area contributed by atoms with Gasteiger partial charge in [-0.3, -0.25) is 4.79 Å². The quantitative estimate of drug-likeness (QED) is 0.560. The number of amides is 1. The Balaban J connectivity index is 1.91. The van der Waals surface area contributed by atoms with Crippen molar-refractivity contribution >= 4 is 17.2 Å². The molecule has 0 radical (unpaired) electrons. The van der Waals surface area contributed by atoms with Gasteiger partial charge in [0.15, 0.2) is 5.88 Å². The van der Waals surface area contributed by atoms with Gasteiger partial charge in [-0.05, 0) is 77.7 Å². The third kappa shape index (κ3) is 5.25. The fraction of sp³-hybridized carbons (Fsp3) is 0.577. The van der Waals surface area contributed by atoms with E-state index < -0.39 is 0 Å². The molecule has 2 aliphatic heterocycles. The molecular formula is C26H38N2O3. The lowest BCUT2D eigenvalue weighted by Gasteiger charge is -2.37. The van der Waals surface area contributed by atoms with Crippen LogP contribution in [-0.4, -0.2) is 42.1 Å². The number of hydrogen-bond acceptors (Lipinski definition) is 4. The summed E-state index contributed by atoms with van der Waals surface area (Å²) < 4.78 is 12.3. The largest absolute Gasteiger partial charge is 0.493 e. The summed E-state index contributed by atoms with van der Waals surface area (Å²) in [5.74, 6) is 1.77. The van der Waals surface area contributed by atoms with Gasteiger partial charge in [0.25, 0.3) is 0 Å². The highest BCUT2D eigenvalue weighted by Crippen LogP contribution is 2.42. The Labute approximate surface area is 187 Å². The molecule has 1 amide bonds. The molecule has 2 aliphatic rings. The van der Waals surface area contributed by atoms with Crippen LogP contribution in [-0.2, 0) is 16.0 Å². The maximum absolute atomic E-state index is 12.3. The molecule has 0 bridgehead atoms. The van der Waals surface area contributed by atoms with Crippen molar-refractivity contribution in [1.29, 1.82) is 0 Å². The number of fused-ring (bicyclic) bond motifs is 1. The fourth-order valence-corrected chi connectivity index (χ4v) is 4.46. The normalized spacial score (nSPS) is 18.9. The number of ether oxygens (including phenoxy) is 2. The number of benzene rings is 1. The maximum Gasteiger partial charge on any atom is 0.224 e. The molecule has 0 saturated carbocycles. The summed E-state index contributed by atoms with van der Waals surface area (Å²) in [6.07, 6.45) is 6.00. The van der Waals surface area contributed by atoms with E-state index in [1.165, 1.54) is 11.1 Å². The Bertz CT molecular complexity index is 866. The van der Waals surface area contributed by atoms with Crippen molar-refractivity contribution in [2.24, 2.45) is 0 Å². The SMILES string of the molecule is C=C(OC(C)(C)C)N1CC=C(c2ccc3c(c2OCCC)CC[C@H](C)N3C(C)=O)CC1. The van der Waals surface area contributed by atoms with Gasteiger partial charge in [-0.15, -0.1) is 0 Å². The van der Waals surface area contributed by atoms with Crippen LogP contribution in [0.15, 0.2) is 30.7 Å². The van der Waals surface area contributed by atoms with Gasteiger partial charge in [0.05, 0.1) is 12.3 Å². The zero-order chi connectivity index (χ0) is 22.8. The van der Waals surface area contributed by atoms with E-state index in [1.807, 2.05) is 25.7 Å². The van der Waals surface area contributed by atoms with Gasteiger partial charge in [-0.2, -0.15) is 0 Å². The van der Waals surface area contributed by atoms with E-state index in [-0.39, 0.29) is 17.6 Å². The Morgan fingerprint density at radius 1 is 1.26 bits per heavy atom. The number of rotatable bonds is 6. The van der Waals surface area contributed by atoms with E-state index in [0.717, 1.165) is 61.7 Å². The van der Waals surface area contributed by atoms with E-state index in [0.29, 0.717) is 6.61 Å². The number of anilines is 1. The molecule has 0 fully saturated rings. The van der Waals surface area contributed by atoms with Crippen LogP contribution < -0.4 is 9.64 Å². The van der Waals surface area contributed by atoms with Gasteiger partial charge in [0, 0.05) is 37.2 Å². The predicted octanol–water partition coefficient (Wildman–Crippen LogP) is 5.54. The molecule has 1 aromatic carbocycles. The van der Waals surface area contributed by atoms with Crippen LogP contribution in [0.3, 0.4) is 0 Å². The number of nitrogens with zero attached hydrogens (tertiary/aromatic N) is 2. The minimum Gasteiger partial charge on any atom is -0.493 e. The lowest BCUT2D eigenvalue weighted by Crippen LogP contribution is -2.41. The lowest BCUT2D eigenvalue weighted by atomic mass is 9.90. The highest BCUT2D eigenvalue weighted by atomic mass is 16.5. The van der Waals surface area contributed by atoms with E-state index in [1.54, 1.807) is 6.92 Å². The van der Waals surface area contributed by atoms with Gasteiger partial charge < -0.3 is 19.3 Å². The predicted molar refractivity (Wildman–Crippen MR) is 127 cm³/mol. The van der Waals surface area contributed by atoms with Crippen LogP contribution in [0.1, 0.15) is 71.9 Å². The Hall–Kier alpha value is -2.43. The van der Waals surface area contributed by atoms with Crippen LogP contribution in [0.2, 0.25) is 0 Å². The summed E-state index contributed by atoms with van der Waals surface area (Å²) in [4.78, 5) is 16.4. The summed E-state index contributed by atoms with van der Waals surface area (Å²) in [7, 11) is 0. The van der Waals surface area contributed by atoms with Gasteiger partial charge >= 0.3 is 0 Å². The van der Waals surface area contributed by atoms with E-state index in [4.69, 9.17) is 9.47 Å². The van der Waals surface area contributed by atoms with Crippen LogP contribution in [0, 0.1) is 0 Å². The molecule has 170 valence electrons. The fourth-order valence-electron chi connectivity index (χ4n) is 4.46. The molecule has 0 unspecified atom stereocenters. The first-order valence-electron chi connectivity index (χ1n) is 11.5. The third-order valence-corrected chi connectivity index (χ3v) is 5.87. The van der Waals surface area contributed by atoms with Crippen molar-refractivity contribution < 1.29 is 14.3 Å². The minimum absolute atomic E-state index is 0.0903. The van der Waals surface area contributed by atoms with Crippen molar-refractivity contribution in [3.8, 4) is 5.75 Å².